The minimum atomic E-state index is -0.969. The molecular formula is C17H25NO3. The molecule has 116 valence electrons. The van der Waals surface area contributed by atoms with E-state index in [1.165, 1.54) is 4.90 Å². The Bertz CT molecular complexity index is 493. The van der Waals surface area contributed by atoms with E-state index in [4.69, 9.17) is 4.74 Å². The number of likely N-dealkylation sites (N-methyl/N-ethyl adjacent to an activating group) is 1. The number of nitrogens with zero attached hydrogens (tertiary/aromatic N) is 1. The number of hydrogen-bond acceptors (Lipinski definition) is 3. The van der Waals surface area contributed by atoms with Crippen LogP contribution in [0, 0.1) is 0 Å². The van der Waals surface area contributed by atoms with Crippen molar-refractivity contribution in [2.45, 2.75) is 51.7 Å². The quantitative estimate of drug-likeness (QED) is 0.796. The highest BCUT2D eigenvalue weighted by molar-refractivity contribution is 5.77. The van der Waals surface area contributed by atoms with Crippen molar-refractivity contribution in [2.24, 2.45) is 0 Å². The van der Waals surface area contributed by atoms with Gasteiger partial charge in [-0.1, -0.05) is 37.3 Å². The third-order valence-electron chi connectivity index (χ3n) is 3.80. The van der Waals surface area contributed by atoms with Crippen LogP contribution in [0.2, 0.25) is 0 Å². The van der Waals surface area contributed by atoms with Gasteiger partial charge in [0.15, 0.2) is 0 Å². The number of ether oxygens (including phenoxy) is 1. The fraction of sp³-hybridized carbons (Fsp3) is 0.529. The Morgan fingerprint density at radius 1 is 1.19 bits per heavy atom. The van der Waals surface area contributed by atoms with Crippen LogP contribution in [-0.2, 0) is 9.53 Å². The molecule has 0 aliphatic rings. The monoisotopic (exact) mass is 291 g/mol. The van der Waals surface area contributed by atoms with Crippen LogP contribution in [0.25, 0.3) is 0 Å². The highest BCUT2D eigenvalue weighted by Gasteiger charge is 2.40. The van der Waals surface area contributed by atoms with Gasteiger partial charge in [-0.3, -0.25) is 4.90 Å². The van der Waals surface area contributed by atoms with Crippen molar-refractivity contribution in [1.29, 1.82) is 0 Å². The van der Waals surface area contributed by atoms with Crippen molar-refractivity contribution in [3.63, 3.8) is 0 Å². The summed E-state index contributed by atoms with van der Waals surface area (Å²) in [5.41, 5.74) is -0.558. The van der Waals surface area contributed by atoms with Crippen LogP contribution in [-0.4, -0.2) is 35.5 Å². The number of hydrogen-bond donors (Lipinski definition) is 0. The van der Waals surface area contributed by atoms with Crippen molar-refractivity contribution in [3.05, 3.63) is 35.9 Å². The van der Waals surface area contributed by atoms with E-state index < -0.39 is 17.2 Å². The smallest absolute Gasteiger partial charge is 0.410 e. The maximum absolute atomic E-state index is 12.2. The van der Waals surface area contributed by atoms with Gasteiger partial charge in [-0.05, 0) is 33.3 Å². The molecule has 1 aromatic rings. The summed E-state index contributed by atoms with van der Waals surface area (Å²) in [6.07, 6.45) is 0.314. The van der Waals surface area contributed by atoms with E-state index >= 15 is 0 Å². The SMILES string of the molecule is CC(c1ccccc1)C(C)(C=O)N(C)C(=O)OC(C)(C)C. The van der Waals surface area contributed by atoms with Gasteiger partial charge in [-0.15, -0.1) is 0 Å². The molecule has 4 heteroatoms. The Kier molecular flexibility index (Phi) is 5.15. The molecule has 0 bridgehead atoms. The lowest BCUT2D eigenvalue weighted by Gasteiger charge is -2.39. The first kappa shape index (κ1) is 17.2. The minimum Gasteiger partial charge on any atom is -0.444 e. The standard InChI is InChI=1S/C17H25NO3/c1-13(14-10-8-7-9-11-14)17(5,12-19)18(6)15(20)21-16(2,3)4/h7-13H,1-6H3. The maximum Gasteiger partial charge on any atom is 0.410 e. The van der Waals surface area contributed by atoms with Crippen LogP contribution in [0.1, 0.15) is 46.1 Å². The average Bonchev–Trinajstić information content (AvgIpc) is 2.44. The molecule has 0 radical (unpaired) electrons. The zero-order valence-corrected chi connectivity index (χ0v) is 13.7. The first-order chi connectivity index (χ1) is 9.62. The first-order valence-electron chi connectivity index (χ1n) is 7.10. The molecule has 0 aliphatic heterocycles. The predicted octanol–water partition coefficient (Wildman–Crippen LogP) is 3.61. The molecule has 4 nitrogen and oxygen atoms in total. The molecule has 0 saturated carbocycles. The molecule has 0 saturated heterocycles. The second-order valence-electron chi connectivity index (χ2n) is 6.52. The Morgan fingerprint density at radius 2 is 1.71 bits per heavy atom. The first-order valence-corrected chi connectivity index (χ1v) is 7.10. The summed E-state index contributed by atoms with van der Waals surface area (Å²) < 4.78 is 5.36. The van der Waals surface area contributed by atoms with E-state index in [9.17, 15) is 9.59 Å². The molecule has 0 fully saturated rings. The number of carbonyl (C=O) groups is 2. The second kappa shape index (κ2) is 6.29. The molecule has 1 amide bonds. The molecule has 0 N–H and O–H groups in total. The summed E-state index contributed by atoms with van der Waals surface area (Å²) in [4.78, 5) is 25.3. The molecular weight excluding hydrogens is 266 g/mol. The Hall–Kier alpha value is -1.84. The topological polar surface area (TPSA) is 46.6 Å². The fourth-order valence-corrected chi connectivity index (χ4v) is 2.08. The Balaban J connectivity index is 3.03. The lowest BCUT2D eigenvalue weighted by molar-refractivity contribution is -0.118. The summed E-state index contributed by atoms with van der Waals surface area (Å²) in [6, 6.07) is 9.67. The summed E-state index contributed by atoms with van der Waals surface area (Å²) >= 11 is 0. The fourth-order valence-electron chi connectivity index (χ4n) is 2.08. The van der Waals surface area contributed by atoms with Gasteiger partial charge in [0, 0.05) is 13.0 Å². The number of benzene rings is 1. The molecule has 0 aromatic heterocycles. The molecule has 0 heterocycles. The van der Waals surface area contributed by atoms with E-state index in [1.54, 1.807) is 34.7 Å². The van der Waals surface area contributed by atoms with E-state index in [-0.39, 0.29) is 5.92 Å². The van der Waals surface area contributed by atoms with Gasteiger partial charge >= 0.3 is 6.09 Å². The van der Waals surface area contributed by atoms with Crippen molar-refractivity contribution in [1.82, 2.24) is 4.90 Å². The van der Waals surface area contributed by atoms with E-state index in [0.29, 0.717) is 0 Å². The van der Waals surface area contributed by atoms with E-state index in [1.807, 2.05) is 37.3 Å². The number of amides is 1. The van der Waals surface area contributed by atoms with Gasteiger partial charge in [0.2, 0.25) is 0 Å². The van der Waals surface area contributed by atoms with Crippen LogP contribution in [0.5, 0.6) is 0 Å². The second-order valence-corrected chi connectivity index (χ2v) is 6.52. The molecule has 1 rings (SSSR count). The summed E-state index contributed by atoms with van der Waals surface area (Å²) in [7, 11) is 1.60. The lowest BCUT2D eigenvalue weighted by atomic mass is 9.82. The third-order valence-corrected chi connectivity index (χ3v) is 3.80. The average molecular weight is 291 g/mol. The van der Waals surface area contributed by atoms with Crippen molar-refractivity contribution < 1.29 is 14.3 Å². The number of rotatable bonds is 4. The van der Waals surface area contributed by atoms with E-state index in [0.717, 1.165) is 11.8 Å². The molecule has 2 atom stereocenters. The maximum atomic E-state index is 12.2. The van der Waals surface area contributed by atoms with Crippen LogP contribution in [0.3, 0.4) is 0 Å². The third kappa shape index (κ3) is 4.06. The minimum absolute atomic E-state index is 0.145. The van der Waals surface area contributed by atoms with E-state index in [2.05, 4.69) is 0 Å². The van der Waals surface area contributed by atoms with Gasteiger partial charge in [0.25, 0.3) is 0 Å². The zero-order valence-electron chi connectivity index (χ0n) is 13.7. The molecule has 0 spiro atoms. The molecule has 2 unspecified atom stereocenters. The van der Waals surface area contributed by atoms with Gasteiger partial charge in [0.05, 0.1) is 0 Å². The van der Waals surface area contributed by atoms with Crippen LogP contribution in [0.15, 0.2) is 30.3 Å². The predicted molar refractivity (Wildman–Crippen MR) is 83.3 cm³/mol. The van der Waals surface area contributed by atoms with Crippen molar-refractivity contribution >= 4 is 12.4 Å². The molecule has 1 aromatic carbocycles. The Labute approximate surface area is 127 Å². The number of carbonyl (C=O) groups excluding carboxylic acids is 2. The highest BCUT2D eigenvalue weighted by Crippen LogP contribution is 2.31. The largest absolute Gasteiger partial charge is 0.444 e. The number of aldehydes is 1. The Morgan fingerprint density at radius 3 is 2.14 bits per heavy atom. The van der Waals surface area contributed by atoms with Gasteiger partial charge in [-0.2, -0.15) is 0 Å². The van der Waals surface area contributed by atoms with Gasteiger partial charge in [-0.25, -0.2) is 4.79 Å². The molecule has 21 heavy (non-hydrogen) atoms. The van der Waals surface area contributed by atoms with Gasteiger partial charge < -0.3 is 9.53 Å². The van der Waals surface area contributed by atoms with Gasteiger partial charge in [0.1, 0.15) is 17.4 Å². The van der Waals surface area contributed by atoms with Crippen LogP contribution >= 0.6 is 0 Å². The summed E-state index contributed by atoms with van der Waals surface area (Å²) in [6.45, 7) is 9.10. The molecule has 0 aliphatic carbocycles. The van der Waals surface area contributed by atoms with Crippen LogP contribution < -0.4 is 0 Å². The zero-order chi connectivity index (χ0) is 16.3. The lowest BCUT2D eigenvalue weighted by Crippen LogP contribution is -2.53. The van der Waals surface area contributed by atoms with Crippen molar-refractivity contribution in [2.75, 3.05) is 7.05 Å². The normalized spacial score (nSPS) is 15.7. The van der Waals surface area contributed by atoms with Crippen molar-refractivity contribution in [3.8, 4) is 0 Å². The van der Waals surface area contributed by atoms with Crippen LogP contribution in [0.4, 0.5) is 4.79 Å². The summed E-state index contributed by atoms with van der Waals surface area (Å²) in [5.74, 6) is -0.145. The summed E-state index contributed by atoms with van der Waals surface area (Å²) in [5, 5.41) is 0. The highest BCUT2D eigenvalue weighted by atomic mass is 16.6.